The van der Waals surface area contributed by atoms with E-state index in [0.29, 0.717) is 5.03 Å². The summed E-state index contributed by atoms with van der Waals surface area (Å²) in [5, 5.41) is 19.4. The number of carboxylic acids is 1. The van der Waals surface area contributed by atoms with Gasteiger partial charge in [0.05, 0.1) is 0 Å². The van der Waals surface area contributed by atoms with E-state index in [-0.39, 0.29) is 17.4 Å². The van der Waals surface area contributed by atoms with Crippen molar-refractivity contribution in [2.75, 3.05) is 19.8 Å². The molecule has 8 nitrogen and oxygen atoms in total. The van der Waals surface area contributed by atoms with E-state index < -0.39 is 17.9 Å². The summed E-state index contributed by atoms with van der Waals surface area (Å²) in [5.41, 5.74) is 0.209. The van der Waals surface area contributed by atoms with Crippen LogP contribution in [0.25, 0.3) is 0 Å². The van der Waals surface area contributed by atoms with Crippen LogP contribution in [0.3, 0.4) is 0 Å². The molecule has 0 bridgehead atoms. The molecule has 0 fully saturated rings. The SMILES string of the molecule is CC(=O)NC(CSc1ccc(C(=O)N(C)C)nn1)C(=O)O. The lowest BCUT2D eigenvalue weighted by Gasteiger charge is -2.12. The molecule has 2 N–H and O–H groups in total. The van der Waals surface area contributed by atoms with Crippen molar-refractivity contribution < 1.29 is 19.5 Å². The van der Waals surface area contributed by atoms with Gasteiger partial charge in [0.15, 0.2) is 5.69 Å². The third-order valence-corrected chi connectivity index (χ3v) is 3.35. The molecule has 1 aromatic rings. The molecular weight excluding hydrogens is 296 g/mol. The minimum absolute atomic E-state index is 0.116. The Labute approximate surface area is 125 Å². The number of aliphatic carboxylic acids is 1. The smallest absolute Gasteiger partial charge is 0.327 e. The van der Waals surface area contributed by atoms with Crippen LogP contribution in [-0.2, 0) is 9.59 Å². The van der Waals surface area contributed by atoms with E-state index in [1.807, 2.05) is 0 Å². The third-order valence-electron chi connectivity index (χ3n) is 2.34. The van der Waals surface area contributed by atoms with Crippen molar-refractivity contribution in [2.24, 2.45) is 0 Å². The molecule has 1 aromatic heterocycles. The molecule has 114 valence electrons. The number of hydrogen-bond donors (Lipinski definition) is 2. The predicted octanol–water partition coefficient (Wildman–Crippen LogP) is -0.140. The Hall–Kier alpha value is -2.16. The van der Waals surface area contributed by atoms with Gasteiger partial charge in [-0.25, -0.2) is 4.79 Å². The average Bonchev–Trinajstić information content (AvgIpc) is 2.42. The summed E-state index contributed by atoms with van der Waals surface area (Å²) >= 11 is 1.13. The average molecular weight is 312 g/mol. The lowest BCUT2D eigenvalue weighted by Crippen LogP contribution is -2.41. The molecule has 0 radical (unpaired) electrons. The van der Waals surface area contributed by atoms with E-state index in [1.165, 1.54) is 17.9 Å². The van der Waals surface area contributed by atoms with Crippen molar-refractivity contribution >= 4 is 29.5 Å². The van der Waals surface area contributed by atoms with Gasteiger partial charge >= 0.3 is 5.97 Å². The number of rotatable bonds is 6. The zero-order valence-electron chi connectivity index (χ0n) is 11.9. The van der Waals surface area contributed by atoms with Crippen LogP contribution in [0.15, 0.2) is 17.2 Å². The van der Waals surface area contributed by atoms with E-state index in [4.69, 9.17) is 5.11 Å². The van der Waals surface area contributed by atoms with Crippen molar-refractivity contribution in [1.29, 1.82) is 0 Å². The van der Waals surface area contributed by atoms with Crippen LogP contribution in [0.4, 0.5) is 0 Å². The normalized spacial score (nSPS) is 11.6. The third kappa shape index (κ3) is 5.38. The first-order chi connectivity index (χ1) is 9.81. The predicted molar refractivity (Wildman–Crippen MR) is 76.0 cm³/mol. The van der Waals surface area contributed by atoms with E-state index in [1.54, 1.807) is 20.2 Å². The summed E-state index contributed by atoms with van der Waals surface area (Å²) in [6, 6.07) is 2.10. The fourth-order valence-electron chi connectivity index (χ4n) is 1.33. The number of nitrogens with one attached hydrogen (secondary N) is 1. The summed E-state index contributed by atoms with van der Waals surface area (Å²) in [4.78, 5) is 34.9. The molecule has 21 heavy (non-hydrogen) atoms. The van der Waals surface area contributed by atoms with Gasteiger partial charge in [0, 0.05) is 26.8 Å². The number of carboxylic acid groups (broad SMARTS) is 1. The molecule has 0 spiro atoms. The molecule has 1 heterocycles. The molecule has 9 heteroatoms. The van der Waals surface area contributed by atoms with Gasteiger partial charge in [-0.2, -0.15) is 0 Å². The lowest BCUT2D eigenvalue weighted by molar-refractivity contribution is -0.140. The number of carbonyl (C=O) groups excluding carboxylic acids is 2. The Balaban J connectivity index is 2.65. The molecule has 0 aliphatic rings. The number of amides is 2. The monoisotopic (exact) mass is 312 g/mol. The number of carbonyl (C=O) groups is 3. The Bertz CT molecular complexity index is 533. The number of thioether (sulfide) groups is 1. The van der Waals surface area contributed by atoms with Crippen LogP contribution >= 0.6 is 11.8 Å². The van der Waals surface area contributed by atoms with E-state index >= 15 is 0 Å². The van der Waals surface area contributed by atoms with Crippen molar-refractivity contribution in [3.05, 3.63) is 17.8 Å². The molecule has 0 aliphatic heterocycles. The topological polar surface area (TPSA) is 112 Å². The molecule has 0 aliphatic carbocycles. The summed E-state index contributed by atoms with van der Waals surface area (Å²) < 4.78 is 0. The summed E-state index contributed by atoms with van der Waals surface area (Å²) in [5.74, 6) is -1.68. The highest BCUT2D eigenvalue weighted by Crippen LogP contribution is 2.15. The maximum absolute atomic E-state index is 11.6. The zero-order valence-corrected chi connectivity index (χ0v) is 12.7. The van der Waals surface area contributed by atoms with Crippen LogP contribution in [0.2, 0.25) is 0 Å². The molecule has 1 atom stereocenters. The highest BCUT2D eigenvalue weighted by Gasteiger charge is 2.19. The van der Waals surface area contributed by atoms with E-state index in [0.717, 1.165) is 11.8 Å². The molecule has 1 unspecified atom stereocenters. The van der Waals surface area contributed by atoms with Crippen LogP contribution in [0, 0.1) is 0 Å². The molecular formula is C12H16N4O4S. The van der Waals surface area contributed by atoms with Crippen LogP contribution in [-0.4, -0.2) is 63.9 Å². The highest BCUT2D eigenvalue weighted by molar-refractivity contribution is 7.99. The maximum Gasteiger partial charge on any atom is 0.327 e. The molecule has 0 saturated heterocycles. The maximum atomic E-state index is 11.6. The first-order valence-electron chi connectivity index (χ1n) is 5.99. The van der Waals surface area contributed by atoms with Gasteiger partial charge in [-0.05, 0) is 12.1 Å². The number of aromatic nitrogens is 2. The Morgan fingerprint density at radius 2 is 2.00 bits per heavy atom. The molecule has 1 rings (SSSR count). The first kappa shape index (κ1) is 16.9. The lowest BCUT2D eigenvalue weighted by atomic mass is 10.3. The second kappa shape index (κ2) is 7.58. The molecule has 0 aromatic carbocycles. The van der Waals surface area contributed by atoms with Crippen LogP contribution in [0.5, 0.6) is 0 Å². The van der Waals surface area contributed by atoms with E-state index in [9.17, 15) is 14.4 Å². The Morgan fingerprint density at radius 3 is 2.43 bits per heavy atom. The van der Waals surface area contributed by atoms with Gasteiger partial charge in [0.1, 0.15) is 11.1 Å². The summed E-state index contributed by atoms with van der Waals surface area (Å²) in [7, 11) is 3.22. The van der Waals surface area contributed by atoms with Crippen LogP contribution < -0.4 is 5.32 Å². The number of hydrogen-bond acceptors (Lipinski definition) is 6. The van der Waals surface area contributed by atoms with Crippen molar-refractivity contribution in [3.8, 4) is 0 Å². The first-order valence-corrected chi connectivity index (χ1v) is 6.98. The van der Waals surface area contributed by atoms with E-state index in [2.05, 4.69) is 15.5 Å². The highest BCUT2D eigenvalue weighted by atomic mass is 32.2. The standard InChI is InChI=1S/C12H16N4O4S/c1-7(17)13-9(12(19)20)6-21-10-5-4-8(14-15-10)11(18)16(2)3/h4-5,9H,6H2,1-3H3,(H,13,17)(H,19,20). The number of nitrogens with zero attached hydrogens (tertiary/aromatic N) is 3. The fraction of sp³-hybridized carbons (Fsp3) is 0.417. The second-order valence-corrected chi connectivity index (χ2v) is 5.40. The quantitative estimate of drug-likeness (QED) is 0.703. The Morgan fingerprint density at radius 1 is 1.33 bits per heavy atom. The van der Waals surface area contributed by atoms with Gasteiger partial charge in [0.25, 0.3) is 5.91 Å². The fourth-order valence-corrected chi connectivity index (χ4v) is 2.16. The van der Waals surface area contributed by atoms with Gasteiger partial charge < -0.3 is 15.3 Å². The largest absolute Gasteiger partial charge is 0.480 e. The Kier molecular flexibility index (Phi) is 6.10. The summed E-state index contributed by atoms with van der Waals surface area (Å²) in [6.07, 6.45) is 0. The van der Waals surface area contributed by atoms with Crippen molar-refractivity contribution in [3.63, 3.8) is 0 Å². The van der Waals surface area contributed by atoms with Gasteiger partial charge in [0.2, 0.25) is 5.91 Å². The second-order valence-electron chi connectivity index (χ2n) is 4.36. The van der Waals surface area contributed by atoms with Crippen molar-refractivity contribution in [1.82, 2.24) is 20.4 Å². The van der Waals surface area contributed by atoms with Crippen LogP contribution in [0.1, 0.15) is 17.4 Å². The minimum Gasteiger partial charge on any atom is -0.480 e. The van der Waals surface area contributed by atoms with Gasteiger partial charge in [-0.15, -0.1) is 22.0 Å². The zero-order chi connectivity index (χ0) is 16.0. The van der Waals surface area contributed by atoms with Crippen molar-refractivity contribution in [2.45, 2.75) is 18.0 Å². The molecule has 2 amide bonds. The summed E-state index contributed by atoms with van der Waals surface area (Å²) in [6.45, 7) is 1.25. The van der Waals surface area contributed by atoms with Gasteiger partial charge in [-0.3, -0.25) is 9.59 Å². The molecule has 0 saturated carbocycles. The van der Waals surface area contributed by atoms with Gasteiger partial charge in [-0.1, -0.05) is 0 Å². The minimum atomic E-state index is -1.12.